The second kappa shape index (κ2) is 5.48. The van der Waals surface area contributed by atoms with Crippen molar-refractivity contribution in [2.75, 3.05) is 12.3 Å². The molecule has 0 atom stereocenters. The van der Waals surface area contributed by atoms with Gasteiger partial charge in [-0.15, -0.1) is 0 Å². The number of nitrogen functional groups attached to an aromatic ring is 1. The molecule has 4 N–H and O–H groups in total. The maximum Gasteiger partial charge on any atom is 0.405 e. The van der Waals surface area contributed by atoms with E-state index in [1.54, 1.807) is 0 Å². The van der Waals surface area contributed by atoms with Gasteiger partial charge in [-0.1, -0.05) is 11.8 Å². The van der Waals surface area contributed by atoms with Crippen molar-refractivity contribution in [1.29, 1.82) is 0 Å². The first-order valence-corrected chi connectivity index (χ1v) is 6.07. The first-order valence-electron chi connectivity index (χ1n) is 6.07. The Hall–Kier alpha value is -2.75. The van der Waals surface area contributed by atoms with Crippen LogP contribution in [0.4, 0.5) is 10.6 Å². The summed E-state index contributed by atoms with van der Waals surface area (Å²) in [6, 6.07) is 0.208. The van der Waals surface area contributed by atoms with Gasteiger partial charge in [-0.2, -0.15) is 0 Å². The van der Waals surface area contributed by atoms with E-state index in [0.717, 1.165) is 5.65 Å². The summed E-state index contributed by atoms with van der Waals surface area (Å²) in [6.07, 6.45) is 2.17. The second-order valence-electron chi connectivity index (χ2n) is 4.46. The first-order chi connectivity index (χ1) is 9.50. The number of rotatable bonds is 2. The molecule has 2 heterocycles. The fraction of sp³-hybridized carbons (Fsp3) is 0.308. The lowest BCUT2D eigenvalue weighted by Gasteiger charge is -2.07. The van der Waals surface area contributed by atoms with Crippen molar-refractivity contribution < 1.29 is 9.90 Å². The van der Waals surface area contributed by atoms with Gasteiger partial charge >= 0.3 is 6.09 Å². The van der Waals surface area contributed by atoms with Crippen molar-refractivity contribution in [3.8, 4) is 11.8 Å². The molecule has 7 nitrogen and oxygen atoms in total. The molecule has 7 heteroatoms. The van der Waals surface area contributed by atoms with E-state index in [0.29, 0.717) is 16.8 Å². The molecule has 0 spiro atoms. The number of hydrogen-bond acceptors (Lipinski definition) is 4. The number of fused-ring (bicyclic) bond motifs is 1. The molecule has 0 aliphatic carbocycles. The molecule has 0 saturated carbocycles. The fourth-order valence-electron chi connectivity index (χ4n) is 1.86. The number of anilines is 1. The Balaban J connectivity index is 2.45. The third-order valence-corrected chi connectivity index (χ3v) is 2.75. The molecular weight excluding hydrogens is 258 g/mol. The fourth-order valence-corrected chi connectivity index (χ4v) is 1.86. The van der Waals surface area contributed by atoms with Crippen molar-refractivity contribution in [3.05, 3.63) is 18.1 Å². The number of hydrogen-bond donors (Lipinski definition) is 3. The zero-order chi connectivity index (χ0) is 14.7. The van der Waals surface area contributed by atoms with Crippen LogP contribution in [0.15, 0.2) is 12.5 Å². The van der Waals surface area contributed by atoms with Crippen LogP contribution in [0, 0.1) is 11.8 Å². The van der Waals surface area contributed by atoms with E-state index < -0.39 is 6.09 Å². The monoisotopic (exact) mass is 273 g/mol. The van der Waals surface area contributed by atoms with Crippen molar-refractivity contribution in [3.63, 3.8) is 0 Å². The normalized spacial score (nSPS) is 10.3. The van der Waals surface area contributed by atoms with E-state index in [-0.39, 0.29) is 12.6 Å². The molecule has 0 aromatic carbocycles. The lowest BCUT2D eigenvalue weighted by atomic mass is 10.2. The lowest BCUT2D eigenvalue weighted by Crippen LogP contribution is -2.20. The molecule has 0 fully saturated rings. The number of aromatic nitrogens is 3. The highest BCUT2D eigenvalue weighted by atomic mass is 16.4. The zero-order valence-electron chi connectivity index (χ0n) is 11.2. The van der Waals surface area contributed by atoms with E-state index in [9.17, 15) is 4.79 Å². The predicted molar refractivity (Wildman–Crippen MR) is 75.2 cm³/mol. The number of amides is 1. The molecule has 0 saturated heterocycles. The minimum atomic E-state index is -1.10. The van der Waals surface area contributed by atoms with Gasteiger partial charge in [0.15, 0.2) is 0 Å². The Labute approximate surface area is 115 Å². The summed E-state index contributed by atoms with van der Waals surface area (Å²) < 4.78 is 1.96. The van der Waals surface area contributed by atoms with Crippen LogP contribution >= 0.6 is 0 Å². The second-order valence-corrected chi connectivity index (χ2v) is 4.46. The number of nitrogens with two attached hydrogens (primary N) is 1. The Morgan fingerprint density at radius 2 is 2.30 bits per heavy atom. The van der Waals surface area contributed by atoms with Crippen LogP contribution in [0.25, 0.3) is 11.0 Å². The van der Waals surface area contributed by atoms with Gasteiger partial charge in [0, 0.05) is 12.2 Å². The Morgan fingerprint density at radius 1 is 1.55 bits per heavy atom. The number of nitrogens with zero attached hydrogens (tertiary/aromatic N) is 3. The molecule has 0 bridgehead atoms. The molecule has 2 rings (SSSR count). The number of nitrogens with one attached hydrogen (secondary N) is 1. The van der Waals surface area contributed by atoms with Crippen LogP contribution in [0.3, 0.4) is 0 Å². The Bertz CT molecular complexity index is 709. The van der Waals surface area contributed by atoms with Crippen LogP contribution in [0.2, 0.25) is 0 Å². The van der Waals surface area contributed by atoms with E-state index in [1.165, 1.54) is 6.33 Å². The van der Waals surface area contributed by atoms with Crippen LogP contribution < -0.4 is 11.1 Å². The van der Waals surface area contributed by atoms with Gasteiger partial charge in [-0.25, -0.2) is 14.8 Å². The first kappa shape index (κ1) is 13.7. The summed E-state index contributed by atoms with van der Waals surface area (Å²) in [5.74, 6) is 6.01. The van der Waals surface area contributed by atoms with Gasteiger partial charge in [0.05, 0.1) is 17.5 Å². The summed E-state index contributed by atoms with van der Waals surface area (Å²) in [5, 5.41) is 11.4. The molecule has 0 radical (unpaired) electrons. The van der Waals surface area contributed by atoms with Crippen molar-refractivity contribution in [2.24, 2.45) is 0 Å². The molecule has 2 aromatic rings. The lowest BCUT2D eigenvalue weighted by molar-refractivity contribution is 0.196. The summed E-state index contributed by atoms with van der Waals surface area (Å²) in [4.78, 5) is 18.6. The molecule has 0 aliphatic rings. The van der Waals surface area contributed by atoms with Crippen LogP contribution in [-0.4, -0.2) is 32.3 Å². The van der Waals surface area contributed by atoms with Gasteiger partial charge in [0.25, 0.3) is 0 Å². The van der Waals surface area contributed by atoms with E-state index in [1.807, 2.05) is 24.6 Å². The van der Waals surface area contributed by atoms with E-state index in [2.05, 4.69) is 27.1 Å². The van der Waals surface area contributed by atoms with Gasteiger partial charge < -0.3 is 20.7 Å². The minimum Gasteiger partial charge on any atom is -0.465 e. The topological polar surface area (TPSA) is 106 Å². The van der Waals surface area contributed by atoms with E-state index in [4.69, 9.17) is 10.8 Å². The SMILES string of the molecule is CC(C)n1cc(C#CCNC(=O)O)c2c(N)ncnc21. The smallest absolute Gasteiger partial charge is 0.405 e. The van der Waals surface area contributed by atoms with Gasteiger partial charge in [-0.3, -0.25) is 0 Å². The van der Waals surface area contributed by atoms with E-state index >= 15 is 0 Å². The third-order valence-electron chi connectivity index (χ3n) is 2.75. The molecule has 0 aliphatic heterocycles. The average molecular weight is 273 g/mol. The summed E-state index contributed by atoms with van der Waals surface area (Å²) in [6.45, 7) is 4.11. The third kappa shape index (κ3) is 2.64. The highest BCUT2D eigenvalue weighted by Gasteiger charge is 2.13. The maximum atomic E-state index is 10.3. The zero-order valence-corrected chi connectivity index (χ0v) is 11.2. The molecule has 1 amide bonds. The number of carbonyl (C=O) groups is 1. The van der Waals surface area contributed by atoms with Gasteiger partial charge in [0.1, 0.15) is 17.8 Å². The van der Waals surface area contributed by atoms with Gasteiger partial charge in [0.2, 0.25) is 0 Å². The molecule has 0 unspecified atom stereocenters. The summed E-state index contributed by atoms with van der Waals surface area (Å²) in [7, 11) is 0. The van der Waals surface area contributed by atoms with Crippen LogP contribution in [0.5, 0.6) is 0 Å². The summed E-state index contributed by atoms with van der Waals surface area (Å²) >= 11 is 0. The van der Waals surface area contributed by atoms with Gasteiger partial charge in [-0.05, 0) is 13.8 Å². The van der Waals surface area contributed by atoms with Crippen molar-refractivity contribution in [2.45, 2.75) is 19.9 Å². The summed E-state index contributed by atoms with van der Waals surface area (Å²) in [5.41, 5.74) is 7.30. The maximum absolute atomic E-state index is 10.3. The Kier molecular flexibility index (Phi) is 3.75. The molecular formula is C13H15N5O2. The van der Waals surface area contributed by atoms with Crippen molar-refractivity contribution in [1.82, 2.24) is 19.9 Å². The number of carboxylic acid groups (broad SMARTS) is 1. The largest absolute Gasteiger partial charge is 0.465 e. The molecule has 2 aromatic heterocycles. The standard InChI is InChI=1S/C13H15N5O2/c1-8(2)18-6-9(4-3-5-15-13(19)20)10-11(14)16-7-17-12(10)18/h6-8,15H,5H2,1-2H3,(H,19,20)(H2,14,16,17). The molecule has 104 valence electrons. The highest BCUT2D eigenvalue weighted by molar-refractivity contribution is 5.92. The van der Waals surface area contributed by atoms with Crippen molar-refractivity contribution >= 4 is 22.9 Å². The van der Waals surface area contributed by atoms with Crippen LogP contribution in [-0.2, 0) is 0 Å². The highest BCUT2D eigenvalue weighted by Crippen LogP contribution is 2.25. The quantitative estimate of drug-likeness (QED) is 0.713. The van der Waals surface area contributed by atoms with Crippen LogP contribution in [0.1, 0.15) is 25.5 Å². The predicted octanol–water partition coefficient (Wildman–Crippen LogP) is 1.21. The minimum absolute atomic E-state index is 0.0529. The average Bonchev–Trinajstić information content (AvgIpc) is 2.75. The molecule has 20 heavy (non-hydrogen) atoms. The Morgan fingerprint density at radius 3 is 2.95 bits per heavy atom.